The van der Waals surface area contributed by atoms with Gasteiger partial charge in [0.15, 0.2) is 0 Å². The number of hydrogen-bond donors (Lipinski definition) is 1. The van der Waals surface area contributed by atoms with Gasteiger partial charge >= 0.3 is 0 Å². The van der Waals surface area contributed by atoms with Gasteiger partial charge in [-0.3, -0.25) is 0 Å². The van der Waals surface area contributed by atoms with E-state index in [1.807, 2.05) is 6.26 Å². The number of nitrogens with one attached hydrogen (secondary N) is 1. The maximum atomic E-state index is 12.1. The second kappa shape index (κ2) is 6.92. The molecule has 0 aromatic carbocycles. The van der Waals surface area contributed by atoms with Crippen LogP contribution in [0.5, 0.6) is 0 Å². The van der Waals surface area contributed by atoms with Crippen molar-refractivity contribution in [2.45, 2.75) is 36.3 Å². The van der Waals surface area contributed by atoms with E-state index in [0.29, 0.717) is 6.54 Å². The molecule has 1 heterocycles. The second-order valence-electron chi connectivity index (χ2n) is 4.24. The van der Waals surface area contributed by atoms with Crippen LogP contribution in [-0.4, -0.2) is 30.9 Å². The maximum Gasteiger partial charge on any atom is 0.242 e. The molecule has 1 N–H and O–H groups in total. The predicted molar refractivity (Wildman–Crippen MR) is 81.3 cm³/mol. The van der Waals surface area contributed by atoms with Crippen LogP contribution in [0.15, 0.2) is 23.2 Å². The number of halogens is 1. The summed E-state index contributed by atoms with van der Waals surface area (Å²) in [6.07, 6.45) is 5.09. The van der Waals surface area contributed by atoms with E-state index in [9.17, 15) is 8.42 Å². The molecule has 0 amide bonds. The molecular weight excluding hydrogens is 304 g/mol. The molecule has 4 nitrogen and oxygen atoms in total. The molecule has 0 aliphatic rings. The van der Waals surface area contributed by atoms with Gasteiger partial charge < -0.3 is 0 Å². The number of nitrogens with zero attached hydrogens (tertiary/aromatic N) is 1. The smallest absolute Gasteiger partial charge is 0.242 e. The van der Waals surface area contributed by atoms with Crippen molar-refractivity contribution in [3.8, 4) is 0 Å². The molecule has 1 rings (SSSR count). The van der Waals surface area contributed by atoms with Crippen molar-refractivity contribution in [2.24, 2.45) is 0 Å². The van der Waals surface area contributed by atoms with Gasteiger partial charge in [0.2, 0.25) is 10.0 Å². The minimum absolute atomic E-state index is 0.0626. The van der Waals surface area contributed by atoms with Crippen molar-refractivity contribution in [1.82, 2.24) is 9.71 Å². The van der Waals surface area contributed by atoms with E-state index in [2.05, 4.69) is 23.6 Å². The molecule has 19 heavy (non-hydrogen) atoms. The van der Waals surface area contributed by atoms with Gasteiger partial charge in [-0.2, -0.15) is 11.8 Å². The Hall–Kier alpha value is -0.300. The van der Waals surface area contributed by atoms with Crippen molar-refractivity contribution >= 4 is 33.4 Å². The standard InChI is InChI=1S/C12H19ClN2O2S2/c1-4-12(5-2,18-3)9-15-19(16,17)10-6-7-11(13)14-8-10/h6-8,15H,4-5,9H2,1-3H3. The Morgan fingerprint density at radius 3 is 2.42 bits per heavy atom. The van der Waals surface area contributed by atoms with Gasteiger partial charge in [-0.1, -0.05) is 25.4 Å². The fraction of sp³-hybridized carbons (Fsp3) is 0.583. The molecule has 0 fully saturated rings. The molecule has 0 aliphatic carbocycles. The van der Waals surface area contributed by atoms with Crippen LogP contribution < -0.4 is 4.72 Å². The molecule has 7 heteroatoms. The van der Waals surface area contributed by atoms with Gasteiger partial charge in [0.1, 0.15) is 10.0 Å². The average molecular weight is 323 g/mol. The Morgan fingerprint density at radius 1 is 1.37 bits per heavy atom. The molecule has 0 radical (unpaired) electrons. The van der Waals surface area contributed by atoms with Crippen LogP contribution in [0.1, 0.15) is 26.7 Å². The summed E-state index contributed by atoms with van der Waals surface area (Å²) in [5.74, 6) is 0. The Bertz CT molecular complexity index is 491. The average Bonchev–Trinajstić information content (AvgIpc) is 2.41. The third kappa shape index (κ3) is 4.34. The summed E-state index contributed by atoms with van der Waals surface area (Å²) in [7, 11) is -3.52. The van der Waals surface area contributed by atoms with Crippen LogP contribution in [0.3, 0.4) is 0 Å². The van der Waals surface area contributed by atoms with E-state index in [1.165, 1.54) is 18.3 Å². The first-order valence-electron chi connectivity index (χ1n) is 6.05. The number of rotatable bonds is 7. The lowest BCUT2D eigenvalue weighted by Gasteiger charge is -2.29. The van der Waals surface area contributed by atoms with Gasteiger partial charge in [0.05, 0.1) is 0 Å². The fourth-order valence-corrected chi connectivity index (χ4v) is 3.76. The normalized spacial score (nSPS) is 12.6. The van der Waals surface area contributed by atoms with E-state index < -0.39 is 10.0 Å². The summed E-state index contributed by atoms with van der Waals surface area (Å²) in [5, 5.41) is 0.277. The van der Waals surface area contributed by atoms with Crippen molar-refractivity contribution in [3.63, 3.8) is 0 Å². The fourth-order valence-electron chi connectivity index (χ4n) is 1.69. The summed E-state index contributed by atoms with van der Waals surface area (Å²) in [6, 6.07) is 2.92. The summed E-state index contributed by atoms with van der Waals surface area (Å²) in [4.78, 5) is 3.93. The van der Waals surface area contributed by atoms with Gasteiger partial charge in [-0.25, -0.2) is 18.1 Å². The van der Waals surface area contributed by atoms with Crippen LogP contribution >= 0.6 is 23.4 Å². The molecule has 1 aromatic heterocycles. The number of aromatic nitrogens is 1. The monoisotopic (exact) mass is 322 g/mol. The first-order valence-corrected chi connectivity index (χ1v) is 9.14. The quantitative estimate of drug-likeness (QED) is 0.784. The highest BCUT2D eigenvalue weighted by molar-refractivity contribution is 8.00. The van der Waals surface area contributed by atoms with E-state index in [-0.39, 0.29) is 14.8 Å². The Kier molecular flexibility index (Phi) is 6.11. The van der Waals surface area contributed by atoms with Crippen molar-refractivity contribution < 1.29 is 8.42 Å². The van der Waals surface area contributed by atoms with Gasteiger partial charge in [-0.15, -0.1) is 0 Å². The molecule has 108 valence electrons. The molecule has 0 saturated heterocycles. The Balaban J connectivity index is 2.83. The van der Waals surface area contributed by atoms with Gasteiger partial charge in [0, 0.05) is 17.5 Å². The summed E-state index contributed by atoms with van der Waals surface area (Å²) < 4.78 is 26.9. The van der Waals surface area contributed by atoms with Crippen LogP contribution in [0.25, 0.3) is 0 Å². The van der Waals surface area contributed by atoms with E-state index in [4.69, 9.17) is 11.6 Å². The highest BCUT2D eigenvalue weighted by Gasteiger charge is 2.27. The minimum Gasteiger partial charge on any atom is -0.243 e. The lowest BCUT2D eigenvalue weighted by molar-refractivity contribution is 0.522. The highest BCUT2D eigenvalue weighted by atomic mass is 35.5. The summed E-state index contributed by atoms with van der Waals surface area (Å²) in [6.45, 7) is 4.54. The van der Waals surface area contributed by atoms with Crippen molar-refractivity contribution in [2.75, 3.05) is 12.8 Å². The maximum absolute atomic E-state index is 12.1. The third-order valence-electron chi connectivity index (χ3n) is 3.32. The predicted octanol–water partition coefficient (Wildman–Crippen LogP) is 2.94. The molecule has 0 saturated carbocycles. The number of hydrogen-bond acceptors (Lipinski definition) is 4. The second-order valence-corrected chi connectivity index (χ2v) is 7.66. The van der Waals surface area contributed by atoms with Crippen LogP contribution in [-0.2, 0) is 10.0 Å². The first-order chi connectivity index (χ1) is 8.89. The van der Waals surface area contributed by atoms with E-state index >= 15 is 0 Å². The molecule has 0 unspecified atom stereocenters. The zero-order valence-corrected chi connectivity index (χ0v) is 13.7. The van der Waals surface area contributed by atoms with E-state index in [1.54, 1.807) is 11.8 Å². The van der Waals surface area contributed by atoms with Crippen LogP contribution in [0, 0.1) is 0 Å². The number of pyridine rings is 1. The lowest BCUT2D eigenvalue weighted by Crippen LogP contribution is -2.39. The molecule has 1 aromatic rings. The Labute approximate surface area is 124 Å². The highest BCUT2D eigenvalue weighted by Crippen LogP contribution is 2.30. The zero-order chi connectivity index (χ0) is 14.5. The Morgan fingerprint density at radius 2 is 2.00 bits per heavy atom. The minimum atomic E-state index is -3.52. The molecular formula is C12H19ClN2O2S2. The lowest BCUT2D eigenvalue weighted by atomic mass is 10.0. The molecule has 0 atom stereocenters. The third-order valence-corrected chi connectivity index (χ3v) is 6.51. The number of thioether (sulfide) groups is 1. The zero-order valence-electron chi connectivity index (χ0n) is 11.3. The SMILES string of the molecule is CCC(CC)(CNS(=O)(=O)c1ccc(Cl)nc1)SC. The topological polar surface area (TPSA) is 59.1 Å². The largest absolute Gasteiger partial charge is 0.243 e. The number of sulfonamides is 1. The molecule has 0 aliphatic heterocycles. The van der Waals surface area contributed by atoms with Crippen LogP contribution in [0.2, 0.25) is 5.15 Å². The van der Waals surface area contributed by atoms with Gasteiger partial charge in [-0.05, 0) is 31.2 Å². The summed E-state index contributed by atoms with van der Waals surface area (Å²) >= 11 is 7.34. The molecule has 0 bridgehead atoms. The van der Waals surface area contributed by atoms with Gasteiger partial charge in [0.25, 0.3) is 0 Å². The van der Waals surface area contributed by atoms with Crippen molar-refractivity contribution in [1.29, 1.82) is 0 Å². The molecule has 0 spiro atoms. The van der Waals surface area contributed by atoms with E-state index in [0.717, 1.165) is 12.8 Å². The van der Waals surface area contributed by atoms with Crippen molar-refractivity contribution in [3.05, 3.63) is 23.5 Å². The summed E-state index contributed by atoms with van der Waals surface area (Å²) in [5.41, 5.74) is 0. The van der Waals surface area contributed by atoms with Crippen LogP contribution in [0.4, 0.5) is 0 Å². The first kappa shape index (κ1) is 16.8.